The van der Waals surface area contributed by atoms with Crippen LogP contribution >= 0.6 is 0 Å². The van der Waals surface area contributed by atoms with E-state index in [1.165, 1.54) is 0 Å². The fourth-order valence-electron chi connectivity index (χ4n) is 1.11. The third-order valence-corrected chi connectivity index (χ3v) is 1.47. The van der Waals surface area contributed by atoms with Gasteiger partial charge in [-0.15, -0.1) is 6.42 Å². The van der Waals surface area contributed by atoms with Gasteiger partial charge in [0, 0.05) is 0 Å². The fourth-order valence-corrected chi connectivity index (χ4v) is 1.11. The largest absolute Gasteiger partial charge is 0.344 e. The number of rotatable bonds is 0. The number of hydrogen-bond donors (Lipinski definition) is 0. The highest BCUT2D eigenvalue weighted by atomic mass is 16.7. The average molecular weight is 140 g/mol. The van der Waals surface area contributed by atoms with Gasteiger partial charge in [0.05, 0.1) is 6.10 Å². The molecule has 2 atom stereocenters. The van der Waals surface area contributed by atoms with Crippen molar-refractivity contribution in [2.24, 2.45) is 0 Å². The Morgan fingerprint density at radius 1 is 1.40 bits per heavy atom. The molecule has 1 fully saturated rings. The molecular weight excluding hydrogens is 128 g/mol. The average Bonchev–Trinajstić information content (AvgIpc) is 2.05. The molecule has 0 saturated carbocycles. The molecule has 1 heterocycles. The van der Waals surface area contributed by atoms with Crippen LogP contribution in [0, 0.1) is 12.3 Å². The molecular formula is C8H12O2. The van der Waals surface area contributed by atoms with E-state index in [1.54, 1.807) is 0 Å². The summed E-state index contributed by atoms with van der Waals surface area (Å²) in [5.41, 5.74) is 0. The predicted octanol–water partition coefficient (Wildman–Crippen LogP) is 1.16. The molecule has 56 valence electrons. The summed E-state index contributed by atoms with van der Waals surface area (Å²) in [5, 5.41) is 0. The molecule has 0 spiro atoms. The van der Waals surface area contributed by atoms with Crippen molar-refractivity contribution >= 4 is 0 Å². The Morgan fingerprint density at radius 2 is 2.00 bits per heavy atom. The van der Waals surface area contributed by atoms with Gasteiger partial charge in [-0.25, -0.2) is 0 Å². The standard InChI is InChI=1S/C8H12O2/c1-5-7-6(2)9-8(3,4)10-7/h1,6-7H,2-4H3. The highest BCUT2D eigenvalue weighted by Gasteiger charge is 2.37. The van der Waals surface area contributed by atoms with E-state index < -0.39 is 5.79 Å². The van der Waals surface area contributed by atoms with Gasteiger partial charge in [0.2, 0.25) is 0 Å². The SMILES string of the molecule is C#CC1OC(C)(C)OC1C. The van der Waals surface area contributed by atoms with Crippen LogP contribution in [0.2, 0.25) is 0 Å². The molecule has 2 nitrogen and oxygen atoms in total. The van der Waals surface area contributed by atoms with Gasteiger partial charge in [-0.1, -0.05) is 5.92 Å². The van der Waals surface area contributed by atoms with Gasteiger partial charge in [-0.05, 0) is 20.8 Å². The van der Waals surface area contributed by atoms with Gasteiger partial charge in [0.1, 0.15) is 6.10 Å². The van der Waals surface area contributed by atoms with E-state index in [1.807, 2.05) is 20.8 Å². The molecule has 1 saturated heterocycles. The third-order valence-electron chi connectivity index (χ3n) is 1.47. The topological polar surface area (TPSA) is 18.5 Å². The van der Waals surface area contributed by atoms with Crippen molar-refractivity contribution in [2.45, 2.75) is 38.8 Å². The van der Waals surface area contributed by atoms with E-state index in [4.69, 9.17) is 15.9 Å². The van der Waals surface area contributed by atoms with Crippen LogP contribution in [0.25, 0.3) is 0 Å². The minimum absolute atomic E-state index is 0.0139. The Morgan fingerprint density at radius 3 is 2.20 bits per heavy atom. The van der Waals surface area contributed by atoms with Crippen LogP contribution < -0.4 is 0 Å². The zero-order chi connectivity index (χ0) is 7.78. The summed E-state index contributed by atoms with van der Waals surface area (Å²) in [6.07, 6.45) is 5.02. The van der Waals surface area contributed by atoms with Gasteiger partial charge in [0.25, 0.3) is 0 Å². The van der Waals surface area contributed by atoms with Gasteiger partial charge < -0.3 is 9.47 Å². The van der Waals surface area contributed by atoms with E-state index >= 15 is 0 Å². The van der Waals surface area contributed by atoms with Gasteiger partial charge in [-0.2, -0.15) is 0 Å². The Labute approximate surface area is 61.5 Å². The maximum Gasteiger partial charge on any atom is 0.165 e. The lowest BCUT2D eigenvalue weighted by Gasteiger charge is -2.15. The van der Waals surface area contributed by atoms with Crippen LogP contribution in [0.1, 0.15) is 20.8 Å². The van der Waals surface area contributed by atoms with Crippen molar-refractivity contribution in [1.82, 2.24) is 0 Å². The minimum atomic E-state index is -0.504. The summed E-state index contributed by atoms with van der Waals surface area (Å²) < 4.78 is 10.7. The monoisotopic (exact) mass is 140 g/mol. The number of hydrogen-bond acceptors (Lipinski definition) is 2. The lowest BCUT2D eigenvalue weighted by Crippen LogP contribution is -2.20. The molecule has 10 heavy (non-hydrogen) atoms. The highest BCUT2D eigenvalue weighted by Crippen LogP contribution is 2.26. The maximum atomic E-state index is 5.39. The molecule has 1 aliphatic heterocycles. The Hall–Kier alpha value is -0.520. The molecule has 0 bridgehead atoms. The van der Waals surface area contributed by atoms with Gasteiger partial charge in [0.15, 0.2) is 5.79 Å². The van der Waals surface area contributed by atoms with E-state index in [9.17, 15) is 0 Å². The molecule has 0 amide bonds. The van der Waals surface area contributed by atoms with Crippen molar-refractivity contribution in [2.75, 3.05) is 0 Å². The first-order valence-corrected chi connectivity index (χ1v) is 3.37. The molecule has 1 rings (SSSR count). The quantitative estimate of drug-likeness (QED) is 0.470. The smallest absolute Gasteiger partial charge is 0.165 e. The zero-order valence-corrected chi connectivity index (χ0v) is 6.55. The Balaban J connectivity index is 2.63. The summed E-state index contributed by atoms with van der Waals surface area (Å²) in [6, 6.07) is 0. The maximum absolute atomic E-state index is 5.39. The summed E-state index contributed by atoms with van der Waals surface area (Å²) >= 11 is 0. The van der Waals surface area contributed by atoms with Crippen LogP contribution in [0.4, 0.5) is 0 Å². The number of terminal acetylenes is 1. The van der Waals surface area contributed by atoms with Gasteiger partial charge >= 0.3 is 0 Å². The second-order valence-electron chi connectivity index (χ2n) is 2.93. The molecule has 0 aromatic heterocycles. The van der Waals surface area contributed by atoms with Crippen molar-refractivity contribution in [3.05, 3.63) is 0 Å². The van der Waals surface area contributed by atoms with E-state index in [-0.39, 0.29) is 12.2 Å². The Kier molecular flexibility index (Phi) is 1.72. The van der Waals surface area contributed by atoms with Crippen LogP contribution in [0.5, 0.6) is 0 Å². The van der Waals surface area contributed by atoms with E-state index in [0.29, 0.717) is 0 Å². The van der Waals surface area contributed by atoms with Gasteiger partial charge in [-0.3, -0.25) is 0 Å². The minimum Gasteiger partial charge on any atom is -0.344 e. The zero-order valence-electron chi connectivity index (χ0n) is 6.55. The first kappa shape index (κ1) is 7.59. The summed E-state index contributed by atoms with van der Waals surface area (Å²) in [4.78, 5) is 0. The van der Waals surface area contributed by atoms with Crippen LogP contribution in [-0.4, -0.2) is 18.0 Å². The summed E-state index contributed by atoms with van der Waals surface area (Å²) in [7, 11) is 0. The first-order valence-electron chi connectivity index (χ1n) is 3.37. The van der Waals surface area contributed by atoms with Crippen molar-refractivity contribution < 1.29 is 9.47 Å². The molecule has 0 radical (unpaired) electrons. The molecule has 0 aliphatic carbocycles. The van der Waals surface area contributed by atoms with Crippen LogP contribution in [0.15, 0.2) is 0 Å². The van der Waals surface area contributed by atoms with E-state index in [0.717, 1.165) is 0 Å². The first-order chi connectivity index (χ1) is 4.55. The van der Waals surface area contributed by atoms with E-state index in [2.05, 4.69) is 5.92 Å². The fraction of sp³-hybridized carbons (Fsp3) is 0.750. The second kappa shape index (κ2) is 2.26. The van der Waals surface area contributed by atoms with Crippen molar-refractivity contribution in [1.29, 1.82) is 0 Å². The predicted molar refractivity (Wildman–Crippen MR) is 38.3 cm³/mol. The van der Waals surface area contributed by atoms with Crippen molar-refractivity contribution in [3.8, 4) is 12.3 Å². The Bertz CT molecular complexity index is 167. The van der Waals surface area contributed by atoms with Crippen LogP contribution in [-0.2, 0) is 9.47 Å². The summed E-state index contributed by atoms with van der Waals surface area (Å²) in [6.45, 7) is 5.64. The van der Waals surface area contributed by atoms with Crippen molar-refractivity contribution in [3.63, 3.8) is 0 Å². The summed E-state index contributed by atoms with van der Waals surface area (Å²) in [5.74, 6) is 2.02. The third kappa shape index (κ3) is 1.31. The molecule has 2 unspecified atom stereocenters. The molecule has 0 aromatic carbocycles. The van der Waals surface area contributed by atoms with Crippen LogP contribution in [0.3, 0.4) is 0 Å². The number of ether oxygens (including phenoxy) is 2. The molecule has 0 N–H and O–H groups in total. The lowest BCUT2D eigenvalue weighted by atomic mass is 10.2. The second-order valence-corrected chi connectivity index (χ2v) is 2.93. The molecule has 1 aliphatic rings. The molecule has 2 heteroatoms. The molecule has 0 aromatic rings. The normalized spacial score (nSPS) is 37.4. The lowest BCUT2D eigenvalue weighted by molar-refractivity contribution is -0.140. The highest BCUT2D eigenvalue weighted by molar-refractivity contribution is 5.01.